The van der Waals surface area contributed by atoms with Crippen molar-refractivity contribution in [2.45, 2.75) is 29.4 Å². The lowest BCUT2D eigenvalue weighted by Gasteiger charge is -2.34. The highest BCUT2D eigenvalue weighted by Gasteiger charge is 2.47. The van der Waals surface area contributed by atoms with Crippen LogP contribution >= 0.6 is 24.0 Å². The number of rotatable bonds is 4. The minimum absolute atomic E-state index is 0.0738. The number of amides is 2. The molecule has 0 radical (unpaired) electrons. The van der Waals surface area contributed by atoms with E-state index in [0.717, 1.165) is 16.5 Å². The van der Waals surface area contributed by atoms with Gasteiger partial charge in [0.1, 0.15) is 10.5 Å². The highest BCUT2D eigenvalue weighted by Crippen LogP contribution is 2.40. The average molecular weight is 448 g/mol. The van der Waals surface area contributed by atoms with Crippen molar-refractivity contribution in [3.8, 4) is 0 Å². The van der Waals surface area contributed by atoms with Gasteiger partial charge in [-0.25, -0.2) is 4.79 Å². The first-order chi connectivity index (χ1) is 14.2. The van der Waals surface area contributed by atoms with Crippen LogP contribution in [0.25, 0.3) is 10.9 Å². The third-order valence-corrected chi connectivity index (χ3v) is 6.40. The molecular formula is C21H16F3N3OS2. The molecule has 1 fully saturated rings. The number of urea groups is 1. The van der Waals surface area contributed by atoms with E-state index in [1.54, 1.807) is 30.2 Å². The van der Waals surface area contributed by atoms with Crippen molar-refractivity contribution in [3.63, 3.8) is 0 Å². The van der Waals surface area contributed by atoms with Crippen molar-refractivity contribution in [2.24, 2.45) is 0 Å². The van der Waals surface area contributed by atoms with Crippen molar-refractivity contribution in [2.75, 3.05) is 0 Å². The molecule has 4 nitrogen and oxygen atoms in total. The molecule has 30 heavy (non-hydrogen) atoms. The standard InChI is InChI=1S/C21H16F3N3OS2/c1-20(14-6-8-15(9-7-14)30-21(22,23)24)18(29)26-19(28)27(20)12-13-10-11-25-17-5-3-2-4-16(13)17/h2-11H,12H2,1H3,(H,26,28,29)/t20-/m1/s1. The number of carbonyl (C=O) groups is 1. The van der Waals surface area contributed by atoms with Crippen LogP contribution in [-0.2, 0) is 12.1 Å². The van der Waals surface area contributed by atoms with E-state index in [0.29, 0.717) is 10.6 Å². The zero-order chi connectivity index (χ0) is 21.5. The lowest BCUT2D eigenvalue weighted by Crippen LogP contribution is -2.43. The number of para-hydroxylation sites is 1. The summed E-state index contributed by atoms with van der Waals surface area (Å²) in [7, 11) is 0. The first-order valence-electron chi connectivity index (χ1n) is 9.00. The van der Waals surface area contributed by atoms with Crippen LogP contribution in [0, 0.1) is 0 Å². The van der Waals surface area contributed by atoms with Gasteiger partial charge >= 0.3 is 11.5 Å². The number of fused-ring (bicyclic) bond motifs is 1. The molecule has 2 heterocycles. The number of benzene rings is 2. The van der Waals surface area contributed by atoms with Crippen LogP contribution in [-0.4, -0.2) is 26.4 Å². The SMILES string of the molecule is C[C@@]1(c2ccc(SC(F)(F)F)cc2)C(=S)NC(=O)N1Cc1ccnc2ccccc12. The van der Waals surface area contributed by atoms with Crippen LogP contribution in [0.15, 0.2) is 65.7 Å². The molecule has 1 aliphatic heterocycles. The summed E-state index contributed by atoms with van der Waals surface area (Å²) >= 11 is 5.27. The van der Waals surface area contributed by atoms with Crippen LogP contribution in [0.2, 0.25) is 0 Å². The summed E-state index contributed by atoms with van der Waals surface area (Å²) in [5, 5.41) is 3.62. The fourth-order valence-electron chi connectivity index (χ4n) is 3.57. The molecule has 0 unspecified atom stereocenters. The summed E-state index contributed by atoms with van der Waals surface area (Å²) in [5.41, 5.74) is -3.00. The van der Waals surface area contributed by atoms with Crippen molar-refractivity contribution < 1.29 is 18.0 Å². The van der Waals surface area contributed by atoms with Crippen LogP contribution in [0.1, 0.15) is 18.1 Å². The Hall–Kier alpha value is -2.65. The molecule has 154 valence electrons. The van der Waals surface area contributed by atoms with Crippen LogP contribution in [0.4, 0.5) is 18.0 Å². The predicted octanol–water partition coefficient (Wildman–Crippen LogP) is 5.61. The number of carbonyl (C=O) groups excluding carboxylic acids is 1. The molecule has 1 N–H and O–H groups in total. The molecule has 1 aliphatic rings. The Balaban J connectivity index is 1.70. The van der Waals surface area contributed by atoms with Crippen molar-refractivity contribution in [3.05, 3.63) is 71.9 Å². The molecule has 4 rings (SSSR count). The number of alkyl halides is 3. The van der Waals surface area contributed by atoms with Crippen LogP contribution in [0.3, 0.4) is 0 Å². The van der Waals surface area contributed by atoms with Crippen LogP contribution in [0.5, 0.6) is 0 Å². The Kier molecular flexibility index (Phi) is 5.19. The largest absolute Gasteiger partial charge is 0.446 e. The number of halogens is 3. The van der Waals surface area contributed by atoms with E-state index in [4.69, 9.17) is 12.2 Å². The summed E-state index contributed by atoms with van der Waals surface area (Å²) in [6.45, 7) is 2.06. The van der Waals surface area contributed by atoms with Crippen molar-refractivity contribution in [1.29, 1.82) is 0 Å². The number of hydrogen-bond acceptors (Lipinski definition) is 4. The molecule has 1 saturated heterocycles. The summed E-state index contributed by atoms with van der Waals surface area (Å²) in [4.78, 5) is 19.1. The topological polar surface area (TPSA) is 45.2 Å². The minimum atomic E-state index is -4.36. The quantitative estimate of drug-likeness (QED) is 0.417. The van der Waals surface area contributed by atoms with Gasteiger partial charge in [-0.05, 0) is 54.1 Å². The molecule has 1 atom stereocenters. The van der Waals surface area contributed by atoms with Crippen LogP contribution < -0.4 is 5.32 Å². The highest BCUT2D eigenvalue weighted by atomic mass is 32.2. The van der Waals surface area contributed by atoms with E-state index < -0.39 is 11.0 Å². The van der Waals surface area contributed by atoms with Gasteiger partial charge in [0.05, 0.1) is 5.52 Å². The maximum absolute atomic E-state index is 12.7. The predicted molar refractivity (Wildman–Crippen MR) is 114 cm³/mol. The second-order valence-electron chi connectivity index (χ2n) is 6.98. The fraction of sp³-hybridized carbons (Fsp3) is 0.190. The van der Waals surface area contributed by atoms with Gasteiger partial charge in [0.15, 0.2) is 0 Å². The Morgan fingerprint density at radius 1 is 1.13 bits per heavy atom. The van der Waals surface area contributed by atoms with Crippen molar-refractivity contribution in [1.82, 2.24) is 15.2 Å². The van der Waals surface area contributed by atoms with Gasteiger partial charge in [-0.2, -0.15) is 13.2 Å². The molecule has 0 bridgehead atoms. The van der Waals surface area contributed by atoms with Gasteiger partial charge in [0, 0.05) is 23.0 Å². The maximum atomic E-state index is 12.7. The van der Waals surface area contributed by atoms with Gasteiger partial charge in [0.25, 0.3) is 0 Å². The van der Waals surface area contributed by atoms with E-state index in [2.05, 4.69) is 10.3 Å². The highest BCUT2D eigenvalue weighted by molar-refractivity contribution is 8.00. The summed E-state index contributed by atoms with van der Waals surface area (Å²) in [6.07, 6.45) is 1.68. The molecule has 0 aliphatic carbocycles. The Labute approximate surface area is 180 Å². The van der Waals surface area contributed by atoms with E-state index >= 15 is 0 Å². The molecule has 9 heteroatoms. The molecule has 1 aromatic heterocycles. The molecular weight excluding hydrogens is 431 g/mol. The van der Waals surface area contributed by atoms with Crippen molar-refractivity contribution >= 4 is 45.9 Å². The second-order valence-corrected chi connectivity index (χ2v) is 8.52. The van der Waals surface area contributed by atoms with Gasteiger partial charge in [-0.15, -0.1) is 0 Å². The Morgan fingerprint density at radius 2 is 1.83 bits per heavy atom. The summed E-state index contributed by atoms with van der Waals surface area (Å²) < 4.78 is 37.9. The summed E-state index contributed by atoms with van der Waals surface area (Å²) in [6, 6.07) is 15.1. The fourth-order valence-corrected chi connectivity index (χ4v) is 4.43. The Bertz CT molecular complexity index is 1130. The molecule has 2 amide bonds. The van der Waals surface area contributed by atoms with Gasteiger partial charge in [-0.3, -0.25) is 10.3 Å². The lowest BCUT2D eigenvalue weighted by molar-refractivity contribution is -0.0328. The molecule has 2 aromatic carbocycles. The zero-order valence-corrected chi connectivity index (χ0v) is 17.4. The lowest BCUT2D eigenvalue weighted by atomic mass is 9.90. The number of nitrogens with one attached hydrogen (secondary N) is 1. The maximum Gasteiger partial charge on any atom is 0.446 e. The normalized spacial score (nSPS) is 19.4. The minimum Gasteiger partial charge on any atom is -0.304 e. The molecule has 0 saturated carbocycles. The molecule has 0 spiro atoms. The molecule has 3 aromatic rings. The zero-order valence-electron chi connectivity index (χ0n) is 15.7. The van der Waals surface area contributed by atoms with Gasteiger partial charge in [0.2, 0.25) is 0 Å². The van der Waals surface area contributed by atoms with E-state index in [1.807, 2.05) is 30.3 Å². The third-order valence-electron chi connectivity index (χ3n) is 5.17. The van der Waals surface area contributed by atoms with E-state index in [1.165, 1.54) is 12.1 Å². The van der Waals surface area contributed by atoms with Gasteiger partial charge in [-0.1, -0.05) is 42.5 Å². The smallest absolute Gasteiger partial charge is 0.304 e. The monoisotopic (exact) mass is 447 g/mol. The number of pyridine rings is 1. The first-order valence-corrected chi connectivity index (χ1v) is 10.2. The Morgan fingerprint density at radius 3 is 2.53 bits per heavy atom. The second kappa shape index (κ2) is 7.55. The number of nitrogens with zero attached hydrogens (tertiary/aromatic N) is 2. The summed E-state index contributed by atoms with van der Waals surface area (Å²) in [5.74, 6) is 0. The first kappa shape index (κ1) is 20.6. The van der Waals surface area contributed by atoms with Gasteiger partial charge < -0.3 is 4.90 Å². The third kappa shape index (κ3) is 3.75. The number of thiocarbonyl (C=S) groups is 1. The number of hydrogen-bond donors (Lipinski definition) is 1. The number of thioether (sulfide) groups is 1. The average Bonchev–Trinajstić information content (AvgIpc) is 2.91. The van der Waals surface area contributed by atoms with E-state index in [-0.39, 0.29) is 29.2 Å². The van der Waals surface area contributed by atoms with E-state index in [9.17, 15) is 18.0 Å². The number of aromatic nitrogens is 1.